The standard InChI is InChI=1S/C11H14O3S/c1-2-6-10(12)9-15(13,14)11-7-4-3-5-8-11/h3-5,7-8H,2,6,9H2,1H3. The number of sulfone groups is 1. The van der Waals surface area contributed by atoms with Crippen molar-refractivity contribution >= 4 is 15.6 Å². The fraction of sp³-hybridized carbons (Fsp3) is 0.364. The largest absolute Gasteiger partial charge is 0.299 e. The van der Waals surface area contributed by atoms with E-state index in [1.807, 2.05) is 6.92 Å². The van der Waals surface area contributed by atoms with Gasteiger partial charge in [-0.1, -0.05) is 25.1 Å². The molecule has 0 fully saturated rings. The summed E-state index contributed by atoms with van der Waals surface area (Å²) in [6.07, 6.45) is 1.01. The van der Waals surface area contributed by atoms with Crippen molar-refractivity contribution in [1.82, 2.24) is 0 Å². The van der Waals surface area contributed by atoms with E-state index in [2.05, 4.69) is 0 Å². The van der Waals surface area contributed by atoms with Gasteiger partial charge in [0, 0.05) is 6.42 Å². The van der Waals surface area contributed by atoms with Gasteiger partial charge in [-0.15, -0.1) is 0 Å². The molecule has 15 heavy (non-hydrogen) atoms. The third kappa shape index (κ3) is 3.47. The predicted octanol–water partition coefficient (Wildman–Crippen LogP) is 1.83. The molecule has 0 unspecified atom stereocenters. The van der Waals surface area contributed by atoms with Crippen LogP contribution in [-0.2, 0) is 14.6 Å². The number of hydrogen-bond donors (Lipinski definition) is 0. The van der Waals surface area contributed by atoms with Crippen LogP contribution in [0.5, 0.6) is 0 Å². The Balaban J connectivity index is 2.81. The van der Waals surface area contributed by atoms with Gasteiger partial charge < -0.3 is 0 Å². The Bertz CT molecular complexity index is 420. The minimum Gasteiger partial charge on any atom is -0.299 e. The van der Waals surface area contributed by atoms with Gasteiger partial charge >= 0.3 is 0 Å². The molecule has 1 rings (SSSR count). The van der Waals surface area contributed by atoms with E-state index in [4.69, 9.17) is 0 Å². The molecule has 0 aliphatic carbocycles. The molecule has 0 saturated carbocycles. The fourth-order valence-corrected chi connectivity index (χ4v) is 2.58. The number of ketones is 1. The normalized spacial score (nSPS) is 11.3. The molecular formula is C11H14O3S. The fourth-order valence-electron chi connectivity index (χ4n) is 1.27. The van der Waals surface area contributed by atoms with Crippen molar-refractivity contribution in [3.05, 3.63) is 30.3 Å². The van der Waals surface area contributed by atoms with Crippen molar-refractivity contribution in [2.45, 2.75) is 24.7 Å². The summed E-state index contributed by atoms with van der Waals surface area (Å²) in [4.78, 5) is 11.5. The van der Waals surface area contributed by atoms with Crippen LogP contribution in [0.3, 0.4) is 0 Å². The molecular weight excluding hydrogens is 212 g/mol. The zero-order valence-electron chi connectivity index (χ0n) is 8.64. The molecule has 0 N–H and O–H groups in total. The maximum Gasteiger partial charge on any atom is 0.185 e. The van der Waals surface area contributed by atoms with Crippen LogP contribution in [0.15, 0.2) is 35.2 Å². The van der Waals surface area contributed by atoms with Gasteiger partial charge in [-0.25, -0.2) is 8.42 Å². The number of hydrogen-bond acceptors (Lipinski definition) is 3. The minimum atomic E-state index is -3.43. The van der Waals surface area contributed by atoms with Gasteiger partial charge in [0.15, 0.2) is 9.84 Å². The molecule has 0 heterocycles. The van der Waals surface area contributed by atoms with E-state index < -0.39 is 9.84 Å². The van der Waals surface area contributed by atoms with E-state index in [1.165, 1.54) is 12.1 Å². The van der Waals surface area contributed by atoms with Crippen molar-refractivity contribution < 1.29 is 13.2 Å². The average molecular weight is 226 g/mol. The quantitative estimate of drug-likeness (QED) is 0.769. The van der Waals surface area contributed by atoms with E-state index >= 15 is 0 Å². The Morgan fingerprint density at radius 1 is 1.20 bits per heavy atom. The first-order chi connectivity index (χ1) is 7.06. The monoisotopic (exact) mass is 226 g/mol. The second-order valence-corrected chi connectivity index (χ2v) is 5.35. The van der Waals surface area contributed by atoms with Crippen LogP contribution in [0.25, 0.3) is 0 Å². The van der Waals surface area contributed by atoms with Gasteiger partial charge in [0.05, 0.1) is 4.90 Å². The topological polar surface area (TPSA) is 51.2 Å². The summed E-state index contributed by atoms with van der Waals surface area (Å²) in [6, 6.07) is 8.06. The molecule has 0 aromatic heterocycles. The highest BCUT2D eigenvalue weighted by Gasteiger charge is 2.17. The predicted molar refractivity (Wildman–Crippen MR) is 58.4 cm³/mol. The summed E-state index contributed by atoms with van der Waals surface area (Å²) >= 11 is 0. The van der Waals surface area contributed by atoms with E-state index in [1.54, 1.807) is 18.2 Å². The Morgan fingerprint density at radius 3 is 2.33 bits per heavy atom. The Kier molecular flexibility index (Phi) is 4.03. The summed E-state index contributed by atoms with van der Waals surface area (Å²) in [6.45, 7) is 1.85. The number of Topliss-reactive ketones (excluding diaryl/α,β-unsaturated/α-hetero) is 1. The van der Waals surface area contributed by atoms with Crippen molar-refractivity contribution in [3.8, 4) is 0 Å². The van der Waals surface area contributed by atoms with Gasteiger partial charge in [0.1, 0.15) is 11.5 Å². The van der Waals surface area contributed by atoms with Crippen molar-refractivity contribution in [2.75, 3.05) is 5.75 Å². The molecule has 0 saturated heterocycles. The van der Waals surface area contributed by atoms with Crippen LogP contribution in [0.2, 0.25) is 0 Å². The zero-order chi connectivity index (χ0) is 11.3. The highest BCUT2D eigenvalue weighted by molar-refractivity contribution is 7.92. The lowest BCUT2D eigenvalue weighted by molar-refractivity contribution is -0.116. The summed E-state index contributed by atoms with van der Waals surface area (Å²) < 4.78 is 23.4. The summed E-state index contributed by atoms with van der Waals surface area (Å²) in [5.41, 5.74) is 0. The lowest BCUT2D eigenvalue weighted by Gasteiger charge is -2.02. The molecule has 0 spiro atoms. The first-order valence-electron chi connectivity index (χ1n) is 4.86. The zero-order valence-corrected chi connectivity index (χ0v) is 9.46. The minimum absolute atomic E-state index is 0.217. The van der Waals surface area contributed by atoms with Crippen LogP contribution < -0.4 is 0 Å². The van der Waals surface area contributed by atoms with Crippen molar-refractivity contribution in [2.24, 2.45) is 0 Å². The molecule has 0 aliphatic heterocycles. The lowest BCUT2D eigenvalue weighted by atomic mass is 10.3. The van der Waals surface area contributed by atoms with Gasteiger partial charge in [-0.05, 0) is 18.6 Å². The molecule has 0 bridgehead atoms. The molecule has 4 heteroatoms. The van der Waals surface area contributed by atoms with E-state index in [0.717, 1.165) is 0 Å². The summed E-state index contributed by atoms with van der Waals surface area (Å²) in [5, 5.41) is 0. The molecule has 0 aliphatic rings. The van der Waals surface area contributed by atoms with E-state index in [0.29, 0.717) is 12.8 Å². The maximum atomic E-state index is 11.7. The second kappa shape index (κ2) is 5.07. The number of rotatable bonds is 5. The Morgan fingerprint density at radius 2 is 1.80 bits per heavy atom. The van der Waals surface area contributed by atoms with Gasteiger partial charge in [0.2, 0.25) is 0 Å². The smallest absolute Gasteiger partial charge is 0.185 e. The molecule has 1 aromatic carbocycles. The molecule has 0 atom stereocenters. The van der Waals surface area contributed by atoms with Crippen LogP contribution in [0.1, 0.15) is 19.8 Å². The van der Waals surface area contributed by atoms with Crippen molar-refractivity contribution in [1.29, 1.82) is 0 Å². The Hall–Kier alpha value is -1.16. The number of carbonyl (C=O) groups excluding carboxylic acids is 1. The van der Waals surface area contributed by atoms with E-state index in [-0.39, 0.29) is 16.4 Å². The molecule has 0 radical (unpaired) electrons. The first-order valence-corrected chi connectivity index (χ1v) is 6.51. The number of benzene rings is 1. The lowest BCUT2D eigenvalue weighted by Crippen LogP contribution is -2.15. The highest BCUT2D eigenvalue weighted by Crippen LogP contribution is 2.10. The average Bonchev–Trinajstić information content (AvgIpc) is 2.18. The molecule has 82 valence electrons. The molecule has 3 nitrogen and oxygen atoms in total. The van der Waals surface area contributed by atoms with Crippen LogP contribution in [-0.4, -0.2) is 20.0 Å². The molecule has 0 amide bonds. The van der Waals surface area contributed by atoms with Gasteiger partial charge in [-0.3, -0.25) is 4.79 Å². The van der Waals surface area contributed by atoms with Gasteiger partial charge in [-0.2, -0.15) is 0 Å². The number of carbonyl (C=O) groups is 1. The van der Waals surface area contributed by atoms with Crippen LogP contribution in [0.4, 0.5) is 0 Å². The molecule has 1 aromatic rings. The van der Waals surface area contributed by atoms with Crippen LogP contribution in [0, 0.1) is 0 Å². The second-order valence-electron chi connectivity index (χ2n) is 3.36. The Labute approximate surface area is 90.0 Å². The summed E-state index contributed by atoms with van der Waals surface area (Å²) in [5.74, 6) is -0.605. The van der Waals surface area contributed by atoms with Gasteiger partial charge in [0.25, 0.3) is 0 Å². The maximum absolute atomic E-state index is 11.7. The highest BCUT2D eigenvalue weighted by atomic mass is 32.2. The van der Waals surface area contributed by atoms with Crippen LogP contribution >= 0.6 is 0 Å². The third-order valence-corrected chi connectivity index (χ3v) is 3.67. The van der Waals surface area contributed by atoms with E-state index in [9.17, 15) is 13.2 Å². The summed E-state index contributed by atoms with van der Waals surface area (Å²) in [7, 11) is -3.43. The third-order valence-electron chi connectivity index (χ3n) is 1.98. The van der Waals surface area contributed by atoms with Crippen molar-refractivity contribution in [3.63, 3.8) is 0 Å². The first kappa shape index (κ1) is 11.9. The SMILES string of the molecule is CCCC(=O)CS(=O)(=O)c1ccccc1.